The van der Waals surface area contributed by atoms with E-state index in [1.807, 2.05) is 0 Å². The van der Waals surface area contributed by atoms with Crippen molar-refractivity contribution >= 4 is 10.1 Å². The van der Waals surface area contributed by atoms with Crippen LogP contribution in [-0.2, 0) is 10.1 Å². The van der Waals surface area contributed by atoms with Crippen LogP contribution in [0, 0.1) is 0 Å². The van der Waals surface area contributed by atoms with Gasteiger partial charge in [-0.2, -0.15) is 34.8 Å². The van der Waals surface area contributed by atoms with Gasteiger partial charge < -0.3 is 6.15 Å². The molecule has 0 aliphatic carbocycles. The summed E-state index contributed by atoms with van der Waals surface area (Å²) in [6.07, 6.45) is -28.2. The van der Waals surface area contributed by atoms with E-state index < -0.39 is 70.7 Å². The van der Waals surface area contributed by atoms with E-state index in [0.717, 1.165) is 0 Å². The van der Waals surface area contributed by atoms with Crippen LogP contribution < -0.4 is 6.15 Å². The summed E-state index contributed by atoms with van der Waals surface area (Å²) in [5.74, 6) is -21.9. The van der Waals surface area contributed by atoms with Crippen molar-refractivity contribution in [3.63, 3.8) is 0 Å². The standard InChI is InChI=1S/C10H8F14O3S.H3N/c11-1(2(12)4(14)6(16)17)3(13)5(15)8(19,20)10(23,24)9(21,22)7(18)28(25,26)27;/h1-7H,(H,25,26,27);1H3. The predicted molar refractivity (Wildman–Crippen MR) is 66.8 cm³/mol. The molecule has 0 aromatic rings. The van der Waals surface area contributed by atoms with Crippen LogP contribution in [0.1, 0.15) is 0 Å². The van der Waals surface area contributed by atoms with Crippen LogP contribution in [0.2, 0.25) is 0 Å². The zero-order chi connectivity index (χ0) is 23.0. The molecule has 0 saturated carbocycles. The molecule has 0 aliphatic rings. The lowest BCUT2D eigenvalue weighted by Crippen LogP contribution is -2.65. The van der Waals surface area contributed by atoms with Crippen molar-refractivity contribution in [1.82, 2.24) is 6.15 Å². The number of hydrogen-bond acceptors (Lipinski definition) is 3. The van der Waals surface area contributed by atoms with Crippen molar-refractivity contribution in [3.8, 4) is 0 Å². The largest absolute Gasteiger partial charge is 0.379 e. The summed E-state index contributed by atoms with van der Waals surface area (Å²) in [6.45, 7) is 0. The van der Waals surface area contributed by atoms with Gasteiger partial charge >= 0.3 is 27.9 Å². The van der Waals surface area contributed by atoms with Gasteiger partial charge in [-0.25, -0.2) is 35.1 Å². The van der Waals surface area contributed by atoms with E-state index in [2.05, 4.69) is 0 Å². The Morgan fingerprint density at radius 1 is 0.621 bits per heavy atom. The lowest BCUT2D eigenvalue weighted by Gasteiger charge is -2.36. The molecule has 0 heterocycles. The molecular formula is C10H11F14NO3S. The van der Waals surface area contributed by atoms with Gasteiger partial charge in [-0.1, -0.05) is 0 Å². The summed E-state index contributed by atoms with van der Waals surface area (Å²) in [5, 5.41) is 0. The molecule has 0 spiro atoms. The summed E-state index contributed by atoms with van der Waals surface area (Å²) in [7, 11) is -6.81. The van der Waals surface area contributed by atoms with Gasteiger partial charge in [-0.3, -0.25) is 4.55 Å². The van der Waals surface area contributed by atoms with Gasteiger partial charge in [0.25, 0.3) is 11.9 Å². The fourth-order valence-electron chi connectivity index (χ4n) is 1.58. The van der Waals surface area contributed by atoms with Crippen molar-refractivity contribution in [2.45, 2.75) is 60.6 Å². The molecule has 0 fully saturated rings. The minimum atomic E-state index is -7.50. The Hall–Kier alpha value is -1.11. The zero-order valence-electron chi connectivity index (χ0n) is 13.2. The van der Waals surface area contributed by atoms with E-state index in [0.29, 0.717) is 0 Å². The third-order valence-electron chi connectivity index (χ3n) is 3.16. The average Bonchev–Trinajstić information content (AvgIpc) is 2.55. The first-order valence-electron chi connectivity index (χ1n) is 6.38. The first-order chi connectivity index (χ1) is 12.2. The fourth-order valence-corrected chi connectivity index (χ4v) is 2.10. The summed E-state index contributed by atoms with van der Waals surface area (Å²) >= 11 is 0. The van der Waals surface area contributed by atoms with E-state index in [1.165, 1.54) is 0 Å². The first kappa shape index (κ1) is 30.1. The predicted octanol–water partition coefficient (Wildman–Crippen LogP) is 4.19. The second-order valence-electron chi connectivity index (χ2n) is 5.17. The zero-order valence-corrected chi connectivity index (χ0v) is 14.0. The lowest BCUT2D eigenvalue weighted by molar-refractivity contribution is -0.337. The minimum Gasteiger partial charge on any atom is -0.344 e. The molecule has 6 atom stereocenters. The van der Waals surface area contributed by atoms with E-state index in [9.17, 15) is 69.9 Å². The smallest absolute Gasteiger partial charge is 0.344 e. The Morgan fingerprint density at radius 3 is 1.28 bits per heavy atom. The van der Waals surface area contributed by atoms with Gasteiger partial charge in [0.1, 0.15) is 0 Å². The Labute approximate surface area is 152 Å². The van der Waals surface area contributed by atoms with Crippen LogP contribution >= 0.6 is 0 Å². The third-order valence-corrected chi connectivity index (χ3v) is 3.98. The molecule has 0 aromatic carbocycles. The lowest BCUT2D eigenvalue weighted by atomic mass is 9.94. The van der Waals surface area contributed by atoms with Crippen molar-refractivity contribution in [2.75, 3.05) is 0 Å². The second-order valence-corrected chi connectivity index (χ2v) is 6.61. The Balaban J connectivity index is 0. The molecule has 4 N–H and O–H groups in total. The Bertz CT molecular complexity index is 631. The number of halogens is 14. The number of hydrogen-bond donors (Lipinski definition) is 2. The monoisotopic (exact) mass is 491 g/mol. The van der Waals surface area contributed by atoms with Gasteiger partial charge in [0.15, 0.2) is 24.7 Å². The summed E-state index contributed by atoms with van der Waals surface area (Å²) in [4.78, 5) is 0. The van der Waals surface area contributed by atoms with E-state index >= 15 is 0 Å². The van der Waals surface area contributed by atoms with E-state index in [4.69, 9.17) is 4.55 Å². The fraction of sp³-hybridized carbons (Fsp3) is 1.00. The van der Waals surface area contributed by atoms with Crippen LogP contribution in [0.25, 0.3) is 0 Å². The van der Waals surface area contributed by atoms with Gasteiger partial charge in [-0.15, -0.1) is 0 Å². The summed E-state index contributed by atoms with van der Waals surface area (Å²) < 4.78 is 208. The second kappa shape index (κ2) is 9.36. The van der Waals surface area contributed by atoms with Crippen molar-refractivity contribution < 1.29 is 74.4 Å². The maximum absolute atomic E-state index is 13.3. The van der Waals surface area contributed by atoms with Gasteiger partial charge in [-0.05, 0) is 0 Å². The molecule has 178 valence electrons. The molecule has 0 radical (unpaired) electrons. The highest BCUT2D eigenvalue weighted by Crippen LogP contribution is 2.52. The van der Waals surface area contributed by atoms with Crippen LogP contribution in [0.3, 0.4) is 0 Å². The molecule has 4 nitrogen and oxygen atoms in total. The molecule has 29 heavy (non-hydrogen) atoms. The molecule has 0 saturated heterocycles. The van der Waals surface area contributed by atoms with Crippen LogP contribution in [0.15, 0.2) is 0 Å². The molecule has 0 aliphatic heterocycles. The van der Waals surface area contributed by atoms with Crippen LogP contribution in [-0.4, -0.2) is 73.5 Å². The van der Waals surface area contributed by atoms with Crippen LogP contribution in [0.5, 0.6) is 0 Å². The molecule has 6 unspecified atom stereocenters. The van der Waals surface area contributed by atoms with Crippen LogP contribution in [0.4, 0.5) is 61.5 Å². The van der Waals surface area contributed by atoms with E-state index in [-0.39, 0.29) is 6.15 Å². The molecule has 19 heteroatoms. The van der Waals surface area contributed by atoms with Crippen molar-refractivity contribution in [1.29, 1.82) is 0 Å². The van der Waals surface area contributed by atoms with E-state index in [1.54, 1.807) is 0 Å². The summed E-state index contributed by atoms with van der Waals surface area (Å²) in [6, 6.07) is 0. The molecule has 0 bridgehead atoms. The Morgan fingerprint density at radius 2 is 0.966 bits per heavy atom. The minimum absolute atomic E-state index is 0. The SMILES string of the molecule is N.O=S(=O)(O)C(F)C(F)(F)C(F)(F)C(F)(F)C(F)C(F)C(F)C(F)C(F)C(F)F. The quantitative estimate of drug-likeness (QED) is 0.354. The molecule has 0 rings (SSSR count). The topological polar surface area (TPSA) is 89.4 Å². The maximum Gasteiger partial charge on any atom is 0.379 e. The normalized spacial score (nSPS) is 20.4. The van der Waals surface area contributed by atoms with Crippen molar-refractivity contribution in [3.05, 3.63) is 0 Å². The first-order valence-corrected chi connectivity index (χ1v) is 7.88. The highest BCUT2D eigenvalue weighted by atomic mass is 32.2. The maximum atomic E-state index is 13.3. The Kier molecular flexibility index (Phi) is 9.71. The summed E-state index contributed by atoms with van der Waals surface area (Å²) in [5.41, 5.74) is -5.50. The average molecular weight is 491 g/mol. The van der Waals surface area contributed by atoms with Crippen molar-refractivity contribution in [2.24, 2.45) is 0 Å². The molecular weight excluding hydrogens is 480 g/mol. The number of alkyl halides is 14. The molecule has 0 aromatic heterocycles. The van der Waals surface area contributed by atoms with Gasteiger partial charge in [0.2, 0.25) is 6.17 Å². The molecule has 0 amide bonds. The number of rotatable bonds is 10. The highest BCUT2D eigenvalue weighted by Gasteiger charge is 2.80. The third kappa shape index (κ3) is 5.53. The van der Waals surface area contributed by atoms with Gasteiger partial charge in [0.05, 0.1) is 0 Å². The highest BCUT2D eigenvalue weighted by molar-refractivity contribution is 7.86. The van der Waals surface area contributed by atoms with Gasteiger partial charge in [0, 0.05) is 0 Å².